The van der Waals surface area contributed by atoms with Crippen molar-refractivity contribution in [2.45, 2.75) is 0 Å². The minimum atomic E-state index is -0.225. The van der Waals surface area contributed by atoms with Crippen LogP contribution in [0.3, 0.4) is 0 Å². The van der Waals surface area contributed by atoms with E-state index < -0.39 is 0 Å². The summed E-state index contributed by atoms with van der Waals surface area (Å²) in [6.07, 6.45) is 0. The largest absolute Gasteiger partial charge is 0.207 e. The maximum absolute atomic E-state index is 13.3. The van der Waals surface area contributed by atoms with E-state index in [1.165, 1.54) is 45.8 Å². The summed E-state index contributed by atoms with van der Waals surface area (Å²) in [5, 5.41) is 4.85. The second-order valence-electron chi connectivity index (χ2n) is 10.1. The van der Waals surface area contributed by atoms with E-state index in [1.807, 2.05) is 0 Å². The number of halogens is 2. The standard InChI is InChI=1S/C38H24F2/c39-35-17-11-27(12-18-35)25-1-5-29(6-2-25)31-15-21-37-33(23-31)9-10-34-24-32(16-22-38(34)37)30-7-3-26(4-8-30)28-13-19-36(40)20-14-28/h1-24H. The van der Waals surface area contributed by atoms with Crippen molar-refractivity contribution in [1.82, 2.24) is 0 Å². The molecule has 0 radical (unpaired) electrons. The fourth-order valence-corrected chi connectivity index (χ4v) is 5.43. The van der Waals surface area contributed by atoms with Gasteiger partial charge in [0.15, 0.2) is 0 Å². The van der Waals surface area contributed by atoms with Crippen LogP contribution >= 0.6 is 0 Å². The van der Waals surface area contributed by atoms with Crippen LogP contribution < -0.4 is 0 Å². The molecular weight excluding hydrogens is 494 g/mol. The predicted octanol–water partition coefficient (Wildman–Crippen LogP) is 10.9. The average Bonchev–Trinajstić information content (AvgIpc) is 3.01. The van der Waals surface area contributed by atoms with E-state index in [0.717, 1.165) is 44.5 Å². The molecule has 0 heterocycles. The van der Waals surface area contributed by atoms with E-state index in [0.29, 0.717) is 0 Å². The summed E-state index contributed by atoms with van der Waals surface area (Å²) in [7, 11) is 0. The van der Waals surface area contributed by atoms with E-state index in [9.17, 15) is 8.78 Å². The lowest BCUT2D eigenvalue weighted by Crippen LogP contribution is -1.84. The Morgan fingerprint density at radius 1 is 0.250 bits per heavy atom. The zero-order valence-corrected chi connectivity index (χ0v) is 21.6. The van der Waals surface area contributed by atoms with Gasteiger partial charge >= 0.3 is 0 Å². The van der Waals surface area contributed by atoms with Crippen LogP contribution in [-0.2, 0) is 0 Å². The molecule has 2 heteroatoms. The summed E-state index contributed by atoms with van der Waals surface area (Å²) in [5.74, 6) is -0.449. The molecule has 7 rings (SSSR count). The van der Waals surface area contributed by atoms with Gasteiger partial charge < -0.3 is 0 Å². The molecule has 7 aromatic carbocycles. The highest BCUT2D eigenvalue weighted by molar-refractivity contribution is 6.09. The molecule has 0 nitrogen and oxygen atoms in total. The van der Waals surface area contributed by atoms with Gasteiger partial charge in [-0.15, -0.1) is 0 Å². The molecule has 0 fully saturated rings. The smallest absolute Gasteiger partial charge is 0.123 e. The van der Waals surface area contributed by atoms with Gasteiger partial charge in [-0.2, -0.15) is 0 Å². The van der Waals surface area contributed by atoms with Crippen LogP contribution in [0.1, 0.15) is 0 Å². The summed E-state index contributed by atoms with van der Waals surface area (Å²) in [6, 6.07) is 47.6. The molecule has 7 aromatic rings. The van der Waals surface area contributed by atoms with Gasteiger partial charge in [0.1, 0.15) is 11.6 Å². The topological polar surface area (TPSA) is 0 Å². The minimum absolute atomic E-state index is 0.225. The Morgan fingerprint density at radius 3 is 0.825 bits per heavy atom. The normalized spacial score (nSPS) is 11.2. The number of hydrogen-bond acceptors (Lipinski definition) is 0. The Kier molecular flexibility index (Phi) is 5.94. The second-order valence-corrected chi connectivity index (χ2v) is 10.1. The summed E-state index contributed by atoms with van der Waals surface area (Å²) in [6.45, 7) is 0. The SMILES string of the molecule is Fc1ccc(-c2ccc(-c3ccc4c(ccc5cc(-c6ccc(-c7ccc(F)cc7)cc6)ccc54)c3)cc2)cc1. The van der Waals surface area contributed by atoms with Crippen molar-refractivity contribution in [2.24, 2.45) is 0 Å². The van der Waals surface area contributed by atoms with Crippen molar-refractivity contribution in [3.05, 3.63) is 157 Å². The van der Waals surface area contributed by atoms with Gasteiger partial charge in [-0.05, 0) is 102 Å². The Bertz CT molecular complexity index is 1820. The number of rotatable bonds is 4. The first-order valence-electron chi connectivity index (χ1n) is 13.3. The van der Waals surface area contributed by atoms with Crippen molar-refractivity contribution in [1.29, 1.82) is 0 Å². The molecule has 0 spiro atoms. The zero-order valence-electron chi connectivity index (χ0n) is 21.6. The van der Waals surface area contributed by atoms with Crippen LogP contribution in [0.2, 0.25) is 0 Å². The van der Waals surface area contributed by atoms with Crippen molar-refractivity contribution in [3.8, 4) is 44.5 Å². The van der Waals surface area contributed by atoms with Crippen LogP contribution in [0.5, 0.6) is 0 Å². The van der Waals surface area contributed by atoms with E-state index in [1.54, 1.807) is 24.3 Å². The lowest BCUT2D eigenvalue weighted by molar-refractivity contribution is 0.627. The van der Waals surface area contributed by atoms with Gasteiger partial charge in [0.2, 0.25) is 0 Å². The van der Waals surface area contributed by atoms with Gasteiger partial charge in [-0.25, -0.2) is 8.78 Å². The van der Waals surface area contributed by atoms with E-state index in [-0.39, 0.29) is 11.6 Å². The highest BCUT2D eigenvalue weighted by atomic mass is 19.1. The highest BCUT2D eigenvalue weighted by Crippen LogP contribution is 2.33. The molecule has 0 aliphatic carbocycles. The molecule has 0 saturated heterocycles. The van der Waals surface area contributed by atoms with E-state index >= 15 is 0 Å². The predicted molar refractivity (Wildman–Crippen MR) is 163 cm³/mol. The number of benzene rings is 7. The molecule has 0 aliphatic rings. The van der Waals surface area contributed by atoms with Crippen LogP contribution in [-0.4, -0.2) is 0 Å². The molecule has 0 amide bonds. The summed E-state index contributed by atoms with van der Waals surface area (Å²) >= 11 is 0. The molecule has 0 unspecified atom stereocenters. The molecular formula is C38H24F2. The molecule has 0 N–H and O–H groups in total. The van der Waals surface area contributed by atoms with Crippen molar-refractivity contribution >= 4 is 21.5 Å². The van der Waals surface area contributed by atoms with Crippen molar-refractivity contribution < 1.29 is 8.78 Å². The zero-order chi connectivity index (χ0) is 27.1. The van der Waals surface area contributed by atoms with E-state index in [2.05, 4.69) is 97.1 Å². The maximum Gasteiger partial charge on any atom is 0.123 e. The van der Waals surface area contributed by atoms with Crippen molar-refractivity contribution in [3.63, 3.8) is 0 Å². The number of hydrogen-bond donors (Lipinski definition) is 0. The van der Waals surface area contributed by atoms with Crippen LogP contribution in [0.15, 0.2) is 146 Å². The third-order valence-electron chi connectivity index (χ3n) is 7.63. The summed E-state index contributed by atoms with van der Waals surface area (Å²) < 4.78 is 26.6. The van der Waals surface area contributed by atoms with Gasteiger partial charge in [-0.3, -0.25) is 0 Å². The maximum atomic E-state index is 13.3. The Hall–Kier alpha value is -5.08. The fourth-order valence-electron chi connectivity index (χ4n) is 5.43. The monoisotopic (exact) mass is 518 g/mol. The molecule has 0 atom stereocenters. The molecule has 0 aliphatic heterocycles. The molecule has 0 saturated carbocycles. The van der Waals surface area contributed by atoms with Gasteiger partial charge in [0.05, 0.1) is 0 Å². The molecule has 0 aromatic heterocycles. The minimum Gasteiger partial charge on any atom is -0.207 e. The second kappa shape index (κ2) is 9.91. The first kappa shape index (κ1) is 24.0. The van der Waals surface area contributed by atoms with Crippen LogP contribution in [0.4, 0.5) is 8.78 Å². The molecule has 0 bridgehead atoms. The van der Waals surface area contributed by atoms with Gasteiger partial charge in [0.25, 0.3) is 0 Å². The third-order valence-corrected chi connectivity index (χ3v) is 7.63. The molecule has 40 heavy (non-hydrogen) atoms. The average molecular weight is 519 g/mol. The Labute approximate surface area is 231 Å². The lowest BCUT2D eigenvalue weighted by Gasteiger charge is -2.10. The quantitative estimate of drug-likeness (QED) is 0.203. The fraction of sp³-hybridized carbons (Fsp3) is 0. The lowest BCUT2D eigenvalue weighted by atomic mass is 9.94. The summed E-state index contributed by atoms with van der Waals surface area (Å²) in [4.78, 5) is 0. The van der Waals surface area contributed by atoms with Gasteiger partial charge in [0, 0.05) is 0 Å². The first-order valence-corrected chi connectivity index (χ1v) is 13.3. The van der Waals surface area contributed by atoms with Crippen molar-refractivity contribution in [2.75, 3.05) is 0 Å². The first-order chi connectivity index (χ1) is 19.6. The highest BCUT2D eigenvalue weighted by Gasteiger charge is 2.07. The van der Waals surface area contributed by atoms with Gasteiger partial charge in [-0.1, -0.05) is 109 Å². The number of fused-ring (bicyclic) bond motifs is 3. The Morgan fingerprint density at radius 2 is 0.500 bits per heavy atom. The third kappa shape index (κ3) is 4.54. The van der Waals surface area contributed by atoms with Crippen LogP contribution in [0.25, 0.3) is 66.1 Å². The molecule has 190 valence electrons. The Balaban J connectivity index is 1.17. The summed E-state index contributed by atoms with van der Waals surface area (Å²) in [5.41, 5.74) is 8.75. The van der Waals surface area contributed by atoms with E-state index in [4.69, 9.17) is 0 Å². The van der Waals surface area contributed by atoms with Crippen LogP contribution in [0, 0.1) is 11.6 Å².